The van der Waals surface area contributed by atoms with Crippen molar-refractivity contribution in [1.29, 1.82) is 0 Å². The first kappa shape index (κ1) is 17.0. The molecule has 0 heterocycles. The summed E-state index contributed by atoms with van der Waals surface area (Å²) >= 11 is 0. The number of hydrogen-bond acceptors (Lipinski definition) is 0. The Morgan fingerprint density at radius 2 is 0.733 bits per heavy atom. The van der Waals surface area contributed by atoms with Crippen LogP contribution in [0.4, 0.5) is 0 Å². The molecule has 0 fully saturated rings. The van der Waals surface area contributed by atoms with Gasteiger partial charge in [0.05, 0.1) is 0 Å². The lowest BCUT2D eigenvalue weighted by Gasteiger charge is -2.11. The summed E-state index contributed by atoms with van der Waals surface area (Å²) in [7, 11) is 0. The highest BCUT2D eigenvalue weighted by molar-refractivity contribution is 6.01. The van der Waals surface area contributed by atoms with E-state index in [1.165, 1.54) is 54.6 Å². The maximum atomic E-state index is 2.31. The Morgan fingerprint density at radius 1 is 0.300 bits per heavy atom. The second kappa shape index (κ2) is 6.86. The van der Waals surface area contributed by atoms with Gasteiger partial charge in [-0.3, -0.25) is 0 Å². The van der Waals surface area contributed by atoms with Gasteiger partial charge in [0.2, 0.25) is 0 Å². The summed E-state index contributed by atoms with van der Waals surface area (Å²) in [5, 5.41) is 7.69. The van der Waals surface area contributed by atoms with Gasteiger partial charge in [0.25, 0.3) is 0 Å². The molecule has 0 saturated heterocycles. The zero-order chi connectivity index (χ0) is 19.9. The van der Waals surface area contributed by atoms with Crippen LogP contribution in [0, 0.1) is 0 Å². The Bertz CT molecular complexity index is 1410. The van der Waals surface area contributed by atoms with Crippen LogP contribution in [0.15, 0.2) is 121 Å². The Balaban J connectivity index is 1.49. The fourth-order valence-corrected chi connectivity index (χ4v) is 4.54. The predicted molar refractivity (Wildman–Crippen MR) is 130 cm³/mol. The maximum Gasteiger partial charge on any atom is -0.0105 e. The van der Waals surface area contributed by atoms with Gasteiger partial charge in [-0.05, 0) is 66.7 Å². The number of hydrogen-bond donors (Lipinski definition) is 0. The molecule has 0 aromatic heterocycles. The molecule has 6 aromatic rings. The normalized spacial score (nSPS) is 11.3. The van der Waals surface area contributed by atoms with E-state index in [-0.39, 0.29) is 0 Å². The summed E-state index contributed by atoms with van der Waals surface area (Å²) in [5.41, 5.74) is 5.09. The lowest BCUT2D eigenvalue weighted by molar-refractivity contribution is 1.66. The molecule has 0 aliphatic rings. The molecule has 0 aliphatic heterocycles. The van der Waals surface area contributed by atoms with E-state index in [1.54, 1.807) is 0 Å². The average molecular weight is 380 g/mol. The summed E-state index contributed by atoms with van der Waals surface area (Å²) in [6.07, 6.45) is 0. The molecule has 0 N–H and O–H groups in total. The highest BCUT2D eigenvalue weighted by Crippen LogP contribution is 2.34. The van der Waals surface area contributed by atoms with Crippen molar-refractivity contribution in [3.63, 3.8) is 0 Å². The lowest BCUT2D eigenvalue weighted by atomic mass is 9.93. The lowest BCUT2D eigenvalue weighted by Crippen LogP contribution is -1.84. The topological polar surface area (TPSA) is 0 Å². The van der Waals surface area contributed by atoms with Crippen molar-refractivity contribution in [3.8, 4) is 22.3 Å². The molecule has 6 rings (SSSR count). The predicted octanol–water partition coefficient (Wildman–Crippen LogP) is 8.48. The third kappa shape index (κ3) is 2.77. The van der Waals surface area contributed by atoms with E-state index in [9.17, 15) is 0 Å². The second-order valence-electron chi connectivity index (χ2n) is 7.83. The molecule has 0 heteroatoms. The molecule has 0 spiro atoms. The monoisotopic (exact) mass is 380 g/mol. The zero-order valence-corrected chi connectivity index (χ0v) is 16.5. The van der Waals surface area contributed by atoms with Gasteiger partial charge in [0, 0.05) is 0 Å². The summed E-state index contributed by atoms with van der Waals surface area (Å²) in [5.74, 6) is 0. The van der Waals surface area contributed by atoms with Crippen molar-refractivity contribution < 1.29 is 0 Å². The summed E-state index contributed by atoms with van der Waals surface area (Å²) in [6.45, 7) is 0. The molecule has 140 valence electrons. The Morgan fingerprint density at radius 3 is 1.23 bits per heavy atom. The van der Waals surface area contributed by atoms with Crippen LogP contribution in [-0.4, -0.2) is 0 Å². The molecular formula is C30H20. The fraction of sp³-hybridized carbons (Fsp3) is 0. The second-order valence-corrected chi connectivity index (χ2v) is 7.83. The minimum Gasteiger partial charge on any atom is -0.0616 e. The van der Waals surface area contributed by atoms with E-state index < -0.39 is 0 Å². The summed E-state index contributed by atoms with van der Waals surface area (Å²) in [4.78, 5) is 0. The molecule has 0 nitrogen and oxygen atoms in total. The summed E-state index contributed by atoms with van der Waals surface area (Å²) < 4.78 is 0. The quantitative estimate of drug-likeness (QED) is 0.282. The highest BCUT2D eigenvalue weighted by atomic mass is 14.1. The third-order valence-corrected chi connectivity index (χ3v) is 6.04. The van der Waals surface area contributed by atoms with Gasteiger partial charge in [-0.2, -0.15) is 0 Å². The van der Waals surface area contributed by atoms with Gasteiger partial charge in [0.15, 0.2) is 0 Å². The molecule has 6 aromatic carbocycles. The van der Waals surface area contributed by atoms with Crippen LogP contribution in [0.5, 0.6) is 0 Å². The van der Waals surface area contributed by atoms with Gasteiger partial charge in [0.1, 0.15) is 0 Å². The fourth-order valence-electron chi connectivity index (χ4n) is 4.54. The molecule has 0 saturated carbocycles. The first-order valence-corrected chi connectivity index (χ1v) is 10.4. The molecular weight excluding hydrogens is 360 g/mol. The van der Waals surface area contributed by atoms with Crippen molar-refractivity contribution >= 4 is 32.3 Å². The van der Waals surface area contributed by atoms with Crippen LogP contribution in [0.3, 0.4) is 0 Å². The maximum absolute atomic E-state index is 2.31. The first-order chi connectivity index (χ1) is 14.9. The molecule has 0 bridgehead atoms. The molecule has 0 aliphatic carbocycles. The van der Waals surface area contributed by atoms with Gasteiger partial charge < -0.3 is 0 Å². The molecule has 0 amide bonds. The Labute approximate surface area is 176 Å². The standard InChI is InChI=1S/C30H20/c1-3-11-27-21(7-1)9-5-13-29(27)25-17-15-24-20-26(18-16-23(24)19-25)30-14-6-10-22-8-2-4-12-28(22)30/h1-20H. The van der Waals surface area contributed by atoms with Crippen LogP contribution in [0.25, 0.3) is 54.6 Å². The van der Waals surface area contributed by atoms with E-state index in [1.807, 2.05) is 0 Å². The molecule has 0 unspecified atom stereocenters. The Kier molecular flexibility index (Phi) is 3.89. The highest BCUT2D eigenvalue weighted by Gasteiger charge is 2.07. The van der Waals surface area contributed by atoms with Gasteiger partial charge in [-0.25, -0.2) is 0 Å². The Hall–Kier alpha value is -3.90. The van der Waals surface area contributed by atoms with E-state index in [0.717, 1.165) is 0 Å². The van der Waals surface area contributed by atoms with Crippen molar-refractivity contribution in [2.75, 3.05) is 0 Å². The minimum atomic E-state index is 1.26. The number of benzene rings is 6. The first-order valence-electron chi connectivity index (χ1n) is 10.4. The van der Waals surface area contributed by atoms with Crippen LogP contribution in [-0.2, 0) is 0 Å². The third-order valence-electron chi connectivity index (χ3n) is 6.04. The number of rotatable bonds is 2. The van der Waals surface area contributed by atoms with Crippen molar-refractivity contribution in [2.24, 2.45) is 0 Å². The minimum absolute atomic E-state index is 1.26. The smallest absolute Gasteiger partial charge is 0.0105 e. The van der Waals surface area contributed by atoms with Crippen LogP contribution >= 0.6 is 0 Å². The van der Waals surface area contributed by atoms with Gasteiger partial charge >= 0.3 is 0 Å². The molecule has 0 radical (unpaired) electrons. The molecule has 0 atom stereocenters. The van der Waals surface area contributed by atoms with E-state index in [2.05, 4.69) is 121 Å². The average Bonchev–Trinajstić information content (AvgIpc) is 2.82. The van der Waals surface area contributed by atoms with Crippen molar-refractivity contribution in [1.82, 2.24) is 0 Å². The van der Waals surface area contributed by atoms with Crippen LogP contribution in [0.1, 0.15) is 0 Å². The largest absolute Gasteiger partial charge is 0.0616 e. The van der Waals surface area contributed by atoms with Crippen LogP contribution < -0.4 is 0 Å². The number of fused-ring (bicyclic) bond motifs is 3. The van der Waals surface area contributed by atoms with E-state index in [4.69, 9.17) is 0 Å². The van der Waals surface area contributed by atoms with Crippen molar-refractivity contribution in [2.45, 2.75) is 0 Å². The molecule has 30 heavy (non-hydrogen) atoms. The van der Waals surface area contributed by atoms with E-state index >= 15 is 0 Å². The van der Waals surface area contributed by atoms with Gasteiger partial charge in [-0.1, -0.05) is 109 Å². The SMILES string of the molecule is c1ccc2c(-c3ccc4cc(-c5cccc6ccccc56)ccc4c3)cccc2c1. The van der Waals surface area contributed by atoms with E-state index in [0.29, 0.717) is 0 Å². The zero-order valence-electron chi connectivity index (χ0n) is 16.5. The van der Waals surface area contributed by atoms with Gasteiger partial charge in [-0.15, -0.1) is 0 Å². The van der Waals surface area contributed by atoms with Crippen molar-refractivity contribution in [3.05, 3.63) is 121 Å². The van der Waals surface area contributed by atoms with Crippen LogP contribution in [0.2, 0.25) is 0 Å². The summed E-state index contributed by atoms with van der Waals surface area (Å²) in [6, 6.07) is 43.9.